The largest absolute Gasteiger partial charge is 0.454 e. The van der Waals surface area contributed by atoms with Gasteiger partial charge in [0, 0.05) is 73.0 Å². The maximum absolute atomic E-state index is 10.2. The fraction of sp³-hybridized carbons (Fsp3) is 0.565. The van der Waals surface area contributed by atoms with Crippen molar-refractivity contribution in [2.75, 3.05) is 39.6 Å². The van der Waals surface area contributed by atoms with E-state index in [1.807, 2.05) is 23.5 Å². The molecule has 4 aliphatic rings. The van der Waals surface area contributed by atoms with Gasteiger partial charge in [0.25, 0.3) is 0 Å². The molecular weight excluding hydrogens is 400 g/mol. The van der Waals surface area contributed by atoms with E-state index in [1.165, 1.54) is 15.3 Å². The Kier molecular flexibility index (Phi) is 4.58. The van der Waals surface area contributed by atoms with Crippen LogP contribution in [0.2, 0.25) is 0 Å². The summed E-state index contributed by atoms with van der Waals surface area (Å²) in [5, 5.41) is 10.2. The second-order valence-corrected chi connectivity index (χ2v) is 10.5. The molecule has 1 aromatic carbocycles. The minimum Gasteiger partial charge on any atom is -0.454 e. The van der Waals surface area contributed by atoms with E-state index in [9.17, 15) is 5.11 Å². The van der Waals surface area contributed by atoms with E-state index in [4.69, 9.17) is 14.2 Å². The van der Waals surface area contributed by atoms with Gasteiger partial charge >= 0.3 is 0 Å². The Balaban J connectivity index is 1.22. The molecule has 4 atom stereocenters. The van der Waals surface area contributed by atoms with Crippen molar-refractivity contribution in [3.8, 4) is 11.5 Å². The van der Waals surface area contributed by atoms with E-state index in [2.05, 4.69) is 34.9 Å². The lowest BCUT2D eigenvalue weighted by molar-refractivity contribution is -0.120. The fourth-order valence-electron chi connectivity index (χ4n) is 6.01. The zero-order chi connectivity index (χ0) is 20.3. The molecule has 3 saturated heterocycles. The highest BCUT2D eigenvalue weighted by Gasteiger charge is 2.62. The smallest absolute Gasteiger partial charge is 0.231 e. The van der Waals surface area contributed by atoms with E-state index in [1.54, 1.807) is 0 Å². The van der Waals surface area contributed by atoms with Gasteiger partial charge in [-0.3, -0.25) is 9.80 Å². The first kappa shape index (κ1) is 19.1. The molecule has 1 aromatic heterocycles. The third-order valence-electron chi connectivity index (χ3n) is 7.19. The summed E-state index contributed by atoms with van der Waals surface area (Å²) in [5.41, 5.74) is 0.987. The third-order valence-corrected chi connectivity index (χ3v) is 8.18. The Labute approximate surface area is 181 Å². The van der Waals surface area contributed by atoms with Crippen LogP contribution in [0.3, 0.4) is 0 Å². The number of para-hydroxylation sites is 1. The predicted octanol–water partition coefficient (Wildman–Crippen LogP) is 2.48. The van der Waals surface area contributed by atoms with Gasteiger partial charge in [0.05, 0.1) is 11.7 Å². The van der Waals surface area contributed by atoms with Gasteiger partial charge < -0.3 is 19.3 Å². The first-order valence-electron chi connectivity index (χ1n) is 10.8. The van der Waals surface area contributed by atoms with Gasteiger partial charge in [0.1, 0.15) is 0 Å². The normalized spacial score (nSPS) is 32.7. The summed E-state index contributed by atoms with van der Waals surface area (Å²) in [5.74, 6) is 2.32. The second-order valence-electron chi connectivity index (χ2n) is 9.18. The molecule has 6 nitrogen and oxygen atoms in total. The third kappa shape index (κ3) is 3.07. The number of morpholine rings is 1. The van der Waals surface area contributed by atoms with Crippen LogP contribution >= 0.6 is 11.3 Å². The topological polar surface area (TPSA) is 54.4 Å². The van der Waals surface area contributed by atoms with Crippen molar-refractivity contribution < 1.29 is 19.3 Å². The molecule has 1 N–H and O–H groups in total. The lowest BCUT2D eigenvalue weighted by Gasteiger charge is -2.40. The van der Waals surface area contributed by atoms with E-state index in [-0.39, 0.29) is 24.2 Å². The lowest BCUT2D eigenvalue weighted by Crippen LogP contribution is -2.53. The number of benzene rings is 1. The first-order chi connectivity index (χ1) is 14.6. The molecule has 2 aromatic rings. The maximum atomic E-state index is 10.2. The van der Waals surface area contributed by atoms with E-state index in [0.29, 0.717) is 12.7 Å². The van der Waals surface area contributed by atoms with Crippen molar-refractivity contribution in [1.29, 1.82) is 0 Å². The van der Waals surface area contributed by atoms with Crippen LogP contribution in [-0.4, -0.2) is 66.2 Å². The maximum Gasteiger partial charge on any atom is 0.231 e. The number of likely N-dealkylation sites (tertiary alicyclic amines) is 2. The van der Waals surface area contributed by atoms with Gasteiger partial charge in [-0.2, -0.15) is 0 Å². The number of aryl methyl sites for hydroxylation is 1. The molecule has 0 saturated carbocycles. The molecule has 0 radical (unpaired) electrons. The standard InChI is InChI=1S/C23H28N2O4S/c1-15-5-6-17(30-15)8-25-9-19-18(11-26)21-10-24(12-23(19,13-25)29-21)7-16-3-2-4-20-22(16)28-14-27-20/h2-6,18-19,21,26H,7-14H2,1H3/t18-,19+,21+,23+/m0/s1. The Morgan fingerprint density at radius 2 is 1.97 bits per heavy atom. The molecule has 5 heterocycles. The molecule has 0 aliphatic carbocycles. The SMILES string of the molecule is Cc1ccc(CN2C[C@@H]3[C@H](CO)[C@H]4CN(Cc5cccc6c5OCO6)C[C@]3(C2)O4)s1. The number of ether oxygens (including phenoxy) is 3. The molecule has 4 aliphatic heterocycles. The van der Waals surface area contributed by atoms with Crippen molar-refractivity contribution in [3.05, 3.63) is 45.6 Å². The van der Waals surface area contributed by atoms with E-state index >= 15 is 0 Å². The number of thiophene rings is 1. The lowest BCUT2D eigenvalue weighted by atomic mass is 9.83. The molecule has 7 heteroatoms. The molecule has 3 fully saturated rings. The second kappa shape index (κ2) is 7.21. The Morgan fingerprint density at radius 3 is 2.77 bits per heavy atom. The van der Waals surface area contributed by atoms with Gasteiger partial charge in [-0.1, -0.05) is 12.1 Å². The minimum absolute atomic E-state index is 0.105. The van der Waals surface area contributed by atoms with Crippen LogP contribution in [0.1, 0.15) is 15.3 Å². The molecule has 0 amide bonds. The molecule has 160 valence electrons. The molecule has 0 unspecified atom stereocenters. The van der Waals surface area contributed by atoms with Crippen LogP contribution in [0.15, 0.2) is 30.3 Å². The predicted molar refractivity (Wildman–Crippen MR) is 114 cm³/mol. The van der Waals surface area contributed by atoms with Crippen molar-refractivity contribution in [1.82, 2.24) is 9.80 Å². The number of aliphatic hydroxyl groups is 1. The van der Waals surface area contributed by atoms with Crippen LogP contribution in [-0.2, 0) is 17.8 Å². The molecule has 6 rings (SSSR count). The highest BCUT2D eigenvalue weighted by Crippen LogP contribution is 2.50. The van der Waals surface area contributed by atoms with Gasteiger partial charge in [0.15, 0.2) is 11.5 Å². The Hall–Kier alpha value is -1.64. The van der Waals surface area contributed by atoms with E-state index < -0.39 is 0 Å². The highest BCUT2D eigenvalue weighted by atomic mass is 32.1. The minimum atomic E-state index is -0.183. The fourth-order valence-corrected chi connectivity index (χ4v) is 6.94. The van der Waals surface area contributed by atoms with Crippen molar-refractivity contribution in [2.45, 2.75) is 31.7 Å². The number of nitrogens with zero attached hydrogens (tertiary/aromatic N) is 2. The average Bonchev–Trinajstić information content (AvgIpc) is 3.46. The summed E-state index contributed by atoms with van der Waals surface area (Å²) >= 11 is 1.88. The first-order valence-corrected chi connectivity index (χ1v) is 11.6. The van der Waals surface area contributed by atoms with Gasteiger partial charge in [-0.25, -0.2) is 0 Å². The summed E-state index contributed by atoms with van der Waals surface area (Å²) in [6, 6.07) is 10.6. The van der Waals surface area contributed by atoms with Crippen LogP contribution in [0.25, 0.3) is 0 Å². The number of rotatable bonds is 5. The summed E-state index contributed by atoms with van der Waals surface area (Å²) in [6.45, 7) is 8.16. The number of hydrogen-bond acceptors (Lipinski definition) is 7. The van der Waals surface area contributed by atoms with Crippen LogP contribution in [0.4, 0.5) is 0 Å². The molecule has 30 heavy (non-hydrogen) atoms. The monoisotopic (exact) mass is 428 g/mol. The number of hydrogen-bond donors (Lipinski definition) is 1. The van der Waals surface area contributed by atoms with Crippen LogP contribution in [0, 0.1) is 18.8 Å². The van der Waals surface area contributed by atoms with Crippen molar-refractivity contribution >= 4 is 11.3 Å². The quantitative estimate of drug-likeness (QED) is 0.790. The summed E-state index contributed by atoms with van der Waals surface area (Å²) in [4.78, 5) is 7.78. The number of fused-ring (bicyclic) bond motifs is 2. The molecule has 1 spiro atoms. The highest BCUT2D eigenvalue weighted by molar-refractivity contribution is 7.11. The molecular formula is C23H28N2O4S. The van der Waals surface area contributed by atoms with Crippen LogP contribution < -0.4 is 9.47 Å². The Morgan fingerprint density at radius 1 is 1.10 bits per heavy atom. The summed E-state index contributed by atoms with van der Waals surface area (Å²) < 4.78 is 17.9. The zero-order valence-corrected chi connectivity index (χ0v) is 18.1. The average molecular weight is 429 g/mol. The summed E-state index contributed by atoms with van der Waals surface area (Å²) in [6.07, 6.45) is 0.105. The van der Waals surface area contributed by atoms with E-state index in [0.717, 1.165) is 50.8 Å². The zero-order valence-electron chi connectivity index (χ0n) is 17.3. The summed E-state index contributed by atoms with van der Waals surface area (Å²) in [7, 11) is 0. The number of aliphatic hydroxyl groups excluding tert-OH is 1. The van der Waals surface area contributed by atoms with Gasteiger partial charge in [-0.15, -0.1) is 11.3 Å². The van der Waals surface area contributed by atoms with Crippen molar-refractivity contribution in [3.63, 3.8) is 0 Å². The van der Waals surface area contributed by atoms with Crippen LogP contribution in [0.5, 0.6) is 11.5 Å². The van der Waals surface area contributed by atoms with Crippen molar-refractivity contribution in [2.24, 2.45) is 11.8 Å². The molecule has 2 bridgehead atoms. The van der Waals surface area contributed by atoms with Gasteiger partial charge in [0.2, 0.25) is 6.79 Å². The van der Waals surface area contributed by atoms with Gasteiger partial charge in [-0.05, 0) is 25.1 Å². The Bertz CT molecular complexity index is 949.